The SMILES string of the molecule is O=C([O-])c1cccc(COc2ccc(/C=C3/SC(=O)N(c4ccccc4)C3=O)cc2)c1. The highest BCUT2D eigenvalue weighted by Gasteiger charge is 2.36. The minimum atomic E-state index is -1.23. The highest BCUT2D eigenvalue weighted by Crippen LogP contribution is 2.35. The van der Waals surface area contributed by atoms with Crippen LogP contribution >= 0.6 is 11.8 Å². The third kappa shape index (κ3) is 4.67. The number of aromatic carboxylic acids is 1. The summed E-state index contributed by atoms with van der Waals surface area (Å²) in [5.74, 6) is -0.995. The maximum atomic E-state index is 12.7. The lowest BCUT2D eigenvalue weighted by Crippen LogP contribution is -2.27. The summed E-state index contributed by atoms with van der Waals surface area (Å²) in [6.45, 7) is 0.205. The van der Waals surface area contributed by atoms with Gasteiger partial charge >= 0.3 is 0 Å². The van der Waals surface area contributed by atoms with Gasteiger partial charge in [0, 0.05) is 0 Å². The van der Waals surface area contributed by atoms with Crippen LogP contribution in [0.15, 0.2) is 83.8 Å². The summed E-state index contributed by atoms with van der Waals surface area (Å²) in [7, 11) is 0. The van der Waals surface area contributed by atoms with E-state index in [4.69, 9.17) is 4.74 Å². The highest BCUT2D eigenvalue weighted by atomic mass is 32.2. The Labute approximate surface area is 182 Å². The van der Waals surface area contributed by atoms with E-state index >= 15 is 0 Å². The molecule has 1 saturated heterocycles. The number of carboxylic acids is 1. The van der Waals surface area contributed by atoms with Crippen molar-refractivity contribution in [1.29, 1.82) is 0 Å². The van der Waals surface area contributed by atoms with Gasteiger partial charge in [-0.05, 0) is 64.9 Å². The smallest absolute Gasteiger partial charge is 0.298 e. The molecule has 6 nitrogen and oxygen atoms in total. The Balaban J connectivity index is 1.43. The van der Waals surface area contributed by atoms with Crippen molar-refractivity contribution in [3.63, 3.8) is 0 Å². The van der Waals surface area contributed by atoms with Gasteiger partial charge in [0.05, 0.1) is 16.6 Å². The van der Waals surface area contributed by atoms with E-state index in [2.05, 4.69) is 0 Å². The lowest BCUT2D eigenvalue weighted by atomic mass is 10.1. The molecule has 3 aromatic carbocycles. The van der Waals surface area contributed by atoms with Crippen LogP contribution in [0.3, 0.4) is 0 Å². The number of rotatable bonds is 6. The summed E-state index contributed by atoms with van der Waals surface area (Å²) in [6.07, 6.45) is 1.67. The number of hydrogen-bond donors (Lipinski definition) is 0. The fourth-order valence-corrected chi connectivity index (χ4v) is 3.88. The average Bonchev–Trinajstić information content (AvgIpc) is 3.06. The van der Waals surface area contributed by atoms with Gasteiger partial charge in [0.15, 0.2) is 0 Å². The van der Waals surface area contributed by atoms with Crippen molar-refractivity contribution in [2.24, 2.45) is 0 Å². The van der Waals surface area contributed by atoms with Gasteiger partial charge in [-0.25, -0.2) is 4.90 Å². The monoisotopic (exact) mass is 430 g/mol. The number of para-hydroxylation sites is 1. The standard InChI is InChI=1S/C24H17NO5S/c26-22-21(31-24(29)25(22)19-7-2-1-3-8-19)14-16-9-11-20(12-10-16)30-15-17-5-4-6-18(13-17)23(27)28/h1-14H,15H2,(H,27,28)/p-1/b21-14+. The Kier molecular flexibility index (Phi) is 5.86. The molecule has 0 N–H and O–H groups in total. The lowest BCUT2D eigenvalue weighted by molar-refractivity contribution is -0.255. The number of ether oxygens (including phenoxy) is 1. The largest absolute Gasteiger partial charge is 0.545 e. The van der Waals surface area contributed by atoms with E-state index in [9.17, 15) is 19.5 Å². The van der Waals surface area contributed by atoms with Crippen LogP contribution in [0.2, 0.25) is 0 Å². The molecule has 1 fully saturated rings. The van der Waals surface area contributed by atoms with Crippen LogP contribution in [0.25, 0.3) is 6.08 Å². The van der Waals surface area contributed by atoms with Crippen molar-refractivity contribution in [3.8, 4) is 5.75 Å². The molecule has 31 heavy (non-hydrogen) atoms. The van der Waals surface area contributed by atoms with Gasteiger partial charge in [0.2, 0.25) is 0 Å². The van der Waals surface area contributed by atoms with Gasteiger partial charge in [-0.15, -0.1) is 0 Å². The van der Waals surface area contributed by atoms with Crippen LogP contribution in [0.1, 0.15) is 21.5 Å². The average molecular weight is 430 g/mol. The van der Waals surface area contributed by atoms with Gasteiger partial charge in [-0.2, -0.15) is 0 Å². The number of benzene rings is 3. The number of amides is 2. The van der Waals surface area contributed by atoms with Gasteiger partial charge in [-0.3, -0.25) is 9.59 Å². The Morgan fingerprint density at radius 1 is 0.968 bits per heavy atom. The van der Waals surface area contributed by atoms with Crippen molar-refractivity contribution in [2.45, 2.75) is 6.61 Å². The molecule has 0 spiro atoms. The first-order chi connectivity index (χ1) is 15.0. The van der Waals surface area contributed by atoms with Crippen LogP contribution < -0.4 is 14.7 Å². The third-order valence-corrected chi connectivity index (χ3v) is 5.42. The fourth-order valence-electron chi connectivity index (χ4n) is 3.03. The van der Waals surface area contributed by atoms with E-state index < -0.39 is 5.97 Å². The molecular weight excluding hydrogens is 414 g/mol. The fraction of sp³-hybridized carbons (Fsp3) is 0.0417. The van der Waals surface area contributed by atoms with Crippen LogP contribution in [-0.4, -0.2) is 17.1 Å². The summed E-state index contributed by atoms with van der Waals surface area (Å²) in [6, 6.07) is 22.2. The second kappa shape index (κ2) is 8.89. The van der Waals surface area contributed by atoms with Crippen molar-refractivity contribution in [1.82, 2.24) is 0 Å². The van der Waals surface area contributed by atoms with Gasteiger partial charge in [0.1, 0.15) is 12.4 Å². The van der Waals surface area contributed by atoms with Crippen molar-refractivity contribution in [2.75, 3.05) is 4.90 Å². The number of thioether (sulfide) groups is 1. The van der Waals surface area contributed by atoms with Gasteiger partial charge < -0.3 is 14.6 Å². The molecule has 0 unspecified atom stereocenters. The van der Waals surface area contributed by atoms with Crippen LogP contribution in [0, 0.1) is 0 Å². The molecular formula is C24H16NO5S-. The minimum absolute atomic E-state index is 0.0981. The molecule has 0 aromatic heterocycles. The Morgan fingerprint density at radius 2 is 1.71 bits per heavy atom. The molecule has 1 aliphatic heterocycles. The number of carboxylic acid groups (broad SMARTS) is 1. The summed E-state index contributed by atoms with van der Waals surface area (Å²) >= 11 is 0.901. The van der Waals surface area contributed by atoms with E-state index in [0.717, 1.165) is 22.2 Å². The molecule has 7 heteroatoms. The molecule has 0 saturated carbocycles. The first kappa shape index (κ1) is 20.4. The van der Waals surface area contributed by atoms with Gasteiger partial charge in [0.25, 0.3) is 11.1 Å². The Hall–Kier alpha value is -3.84. The van der Waals surface area contributed by atoms with E-state index in [1.807, 2.05) is 6.07 Å². The molecule has 154 valence electrons. The molecule has 2 amide bonds. The zero-order valence-corrected chi connectivity index (χ0v) is 17.0. The van der Waals surface area contributed by atoms with E-state index in [1.165, 1.54) is 12.1 Å². The number of carbonyl (C=O) groups is 3. The summed E-state index contributed by atoms with van der Waals surface area (Å²) in [5.41, 5.74) is 2.10. The molecule has 0 bridgehead atoms. The zero-order chi connectivity index (χ0) is 21.8. The zero-order valence-electron chi connectivity index (χ0n) is 16.2. The maximum Gasteiger partial charge on any atom is 0.298 e. The molecule has 1 aliphatic rings. The minimum Gasteiger partial charge on any atom is -0.545 e. The number of carbonyl (C=O) groups excluding carboxylic acids is 3. The number of imide groups is 1. The first-order valence-electron chi connectivity index (χ1n) is 9.37. The normalized spacial score (nSPS) is 14.8. The highest BCUT2D eigenvalue weighted by molar-refractivity contribution is 8.19. The second-order valence-corrected chi connectivity index (χ2v) is 7.69. The Morgan fingerprint density at radius 3 is 2.42 bits per heavy atom. The molecule has 4 rings (SSSR count). The topological polar surface area (TPSA) is 86.7 Å². The van der Waals surface area contributed by atoms with Crippen LogP contribution in [0.4, 0.5) is 10.5 Å². The second-order valence-electron chi connectivity index (χ2n) is 6.70. The Bertz CT molecular complexity index is 1170. The third-order valence-electron chi connectivity index (χ3n) is 4.55. The van der Waals surface area contributed by atoms with Crippen molar-refractivity contribution in [3.05, 3.63) is 100 Å². The number of hydrogen-bond acceptors (Lipinski definition) is 6. The molecule has 1 heterocycles. The van der Waals surface area contributed by atoms with Crippen LogP contribution in [0.5, 0.6) is 5.75 Å². The van der Waals surface area contributed by atoms with E-state index in [0.29, 0.717) is 21.9 Å². The van der Waals surface area contributed by atoms with Crippen molar-refractivity contribution >= 4 is 40.6 Å². The van der Waals surface area contributed by atoms with Gasteiger partial charge in [-0.1, -0.05) is 48.5 Å². The van der Waals surface area contributed by atoms with E-state index in [1.54, 1.807) is 66.7 Å². The lowest BCUT2D eigenvalue weighted by Gasteiger charge is -2.11. The van der Waals surface area contributed by atoms with Crippen molar-refractivity contribution < 1.29 is 24.2 Å². The molecule has 3 aromatic rings. The first-order valence-corrected chi connectivity index (χ1v) is 10.2. The molecule has 0 radical (unpaired) electrons. The van der Waals surface area contributed by atoms with Crippen LogP contribution in [-0.2, 0) is 11.4 Å². The van der Waals surface area contributed by atoms with E-state index in [-0.39, 0.29) is 23.3 Å². The quantitative estimate of drug-likeness (QED) is 0.552. The summed E-state index contributed by atoms with van der Waals surface area (Å²) < 4.78 is 5.70. The summed E-state index contributed by atoms with van der Waals surface area (Å²) in [4.78, 5) is 37.4. The predicted molar refractivity (Wildman–Crippen MR) is 116 cm³/mol. The predicted octanol–water partition coefficient (Wildman–Crippen LogP) is 3.87. The molecule has 0 aliphatic carbocycles. The molecule has 0 atom stereocenters. The number of anilines is 1. The number of nitrogens with zero attached hydrogens (tertiary/aromatic N) is 1. The maximum absolute atomic E-state index is 12.7. The summed E-state index contributed by atoms with van der Waals surface area (Å²) in [5, 5.41) is 10.6.